The molecule has 0 aliphatic heterocycles. The van der Waals surface area contributed by atoms with E-state index in [9.17, 15) is 18.8 Å². The normalized spacial score (nSPS) is 10.9. The van der Waals surface area contributed by atoms with E-state index in [1.165, 1.54) is 31.4 Å². The van der Waals surface area contributed by atoms with Gasteiger partial charge in [-0.3, -0.25) is 14.4 Å². The largest absolute Gasteiger partial charge is 0.497 e. The van der Waals surface area contributed by atoms with Crippen molar-refractivity contribution in [2.45, 2.75) is 13.3 Å². The van der Waals surface area contributed by atoms with Crippen molar-refractivity contribution >= 4 is 29.1 Å². The van der Waals surface area contributed by atoms with E-state index in [2.05, 4.69) is 10.5 Å². The highest BCUT2D eigenvalue weighted by Crippen LogP contribution is 2.22. The molecule has 0 saturated carbocycles. The van der Waals surface area contributed by atoms with Crippen LogP contribution in [0.25, 0.3) is 0 Å². The van der Waals surface area contributed by atoms with Crippen LogP contribution in [0.3, 0.4) is 0 Å². The molecular formula is C25H22FN3O4. The lowest BCUT2D eigenvalue weighted by atomic mass is 10.1. The molecule has 0 fully saturated rings. The van der Waals surface area contributed by atoms with Gasteiger partial charge < -0.3 is 4.74 Å². The van der Waals surface area contributed by atoms with Crippen LogP contribution >= 0.6 is 0 Å². The first kappa shape index (κ1) is 23.3. The van der Waals surface area contributed by atoms with E-state index in [1.807, 2.05) is 30.3 Å². The second-order valence-corrected chi connectivity index (χ2v) is 7.01. The maximum Gasteiger partial charge on any atom is 0.265 e. The number of halogens is 1. The number of anilines is 1. The summed E-state index contributed by atoms with van der Waals surface area (Å²) in [6.45, 7) is 1.72. The Morgan fingerprint density at radius 1 is 0.909 bits per heavy atom. The Labute approximate surface area is 190 Å². The summed E-state index contributed by atoms with van der Waals surface area (Å²) in [4.78, 5) is 39.3. The lowest BCUT2D eigenvalue weighted by Gasteiger charge is -2.21. The summed E-state index contributed by atoms with van der Waals surface area (Å²) < 4.78 is 18.4. The zero-order chi connectivity index (χ0) is 23.8. The predicted molar refractivity (Wildman–Crippen MR) is 123 cm³/mol. The molecule has 7 nitrogen and oxygen atoms in total. The van der Waals surface area contributed by atoms with E-state index < -0.39 is 30.0 Å². The minimum Gasteiger partial charge on any atom is -0.497 e. The number of nitrogens with one attached hydrogen (secondary N) is 1. The average molecular weight is 447 g/mol. The van der Waals surface area contributed by atoms with E-state index in [4.69, 9.17) is 4.74 Å². The molecule has 1 N–H and O–H groups in total. The van der Waals surface area contributed by atoms with Crippen molar-refractivity contribution in [2.75, 3.05) is 12.0 Å². The molecule has 0 heterocycles. The van der Waals surface area contributed by atoms with Crippen LogP contribution in [-0.2, 0) is 9.59 Å². The number of rotatable bonds is 7. The van der Waals surface area contributed by atoms with Crippen LogP contribution in [0.15, 0.2) is 84.0 Å². The Morgan fingerprint density at radius 3 is 2.15 bits per heavy atom. The van der Waals surface area contributed by atoms with Crippen LogP contribution in [0, 0.1) is 5.82 Å². The zero-order valence-corrected chi connectivity index (χ0v) is 18.1. The lowest BCUT2D eigenvalue weighted by Crippen LogP contribution is -2.39. The highest BCUT2D eigenvalue weighted by molar-refractivity contribution is 6.23. The molecule has 0 aliphatic rings. The van der Waals surface area contributed by atoms with Crippen LogP contribution in [0.2, 0.25) is 0 Å². The average Bonchev–Trinajstić information content (AvgIpc) is 2.84. The predicted octanol–water partition coefficient (Wildman–Crippen LogP) is 3.94. The van der Waals surface area contributed by atoms with Gasteiger partial charge in [-0.05, 0) is 61.0 Å². The molecule has 0 spiro atoms. The fraction of sp³-hybridized carbons (Fsp3) is 0.120. The van der Waals surface area contributed by atoms with Crippen molar-refractivity contribution in [3.05, 3.63) is 95.8 Å². The van der Waals surface area contributed by atoms with Crippen molar-refractivity contribution < 1.29 is 23.5 Å². The molecule has 33 heavy (non-hydrogen) atoms. The standard InChI is InChI=1S/C25H22FN3O4/c1-17(18-6-4-3-5-7-18)27-28-23(30)16-24(31)29(21-12-14-22(33-2)15-13-21)25(32)19-8-10-20(26)11-9-19/h3-15H,16H2,1-2H3,(H,28,30)/b27-17+. The van der Waals surface area contributed by atoms with E-state index in [-0.39, 0.29) is 11.3 Å². The second-order valence-electron chi connectivity index (χ2n) is 7.01. The number of benzene rings is 3. The summed E-state index contributed by atoms with van der Waals surface area (Å²) in [5.41, 5.74) is 4.06. The summed E-state index contributed by atoms with van der Waals surface area (Å²) in [5, 5.41) is 4.02. The third-order valence-electron chi connectivity index (χ3n) is 4.73. The SMILES string of the molecule is COc1ccc(N(C(=O)CC(=O)N/N=C(\C)c2ccccc2)C(=O)c2ccc(F)cc2)cc1. The van der Waals surface area contributed by atoms with Gasteiger partial charge in [0, 0.05) is 5.56 Å². The van der Waals surface area contributed by atoms with E-state index in [0.717, 1.165) is 22.6 Å². The van der Waals surface area contributed by atoms with Gasteiger partial charge in [0.25, 0.3) is 5.91 Å². The fourth-order valence-electron chi connectivity index (χ4n) is 2.97. The molecule has 0 bridgehead atoms. The van der Waals surface area contributed by atoms with Crippen LogP contribution in [0.5, 0.6) is 5.75 Å². The topological polar surface area (TPSA) is 88.1 Å². The van der Waals surface area contributed by atoms with Crippen molar-refractivity contribution in [2.24, 2.45) is 5.10 Å². The molecule has 0 radical (unpaired) electrons. The number of amides is 3. The number of hydrogen-bond donors (Lipinski definition) is 1. The van der Waals surface area contributed by atoms with E-state index in [1.54, 1.807) is 19.1 Å². The molecule has 0 aliphatic carbocycles. The molecule has 168 valence electrons. The summed E-state index contributed by atoms with van der Waals surface area (Å²) >= 11 is 0. The van der Waals surface area contributed by atoms with Crippen molar-refractivity contribution in [3.8, 4) is 5.75 Å². The molecule has 3 rings (SSSR count). The van der Waals surface area contributed by atoms with Crippen molar-refractivity contribution in [1.29, 1.82) is 0 Å². The summed E-state index contributed by atoms with van der Waals surface area (Å²) in [6, 6.07) is 20.2. The third kappa shape index (κ3) is 6.10. The second kappa shape index (κ2) is 10.8. The highest BCUT2D eigenvalue weighted by atomic mass is 19.1. The number of methoxy groups -OCH3 is 1. The summed E-state index contributed by atoms with van der Waals surface area (Å²) in [7, 11) is 1.49. The van der Waals surface area contributed by atoms with Gasteiger partial charge in [-0.1, -0.05) is 30.3 Å². The van der Waals surface area contributed by atoms with Crippen LogP contribution < -0.4 is 15.1 Å². The van der Waals surface area contributed by atoms with Gasteiger partial charge in [0.2, 0.25) is 11.8 Å². The van der Waals surface area contributed by atoms with Gasteiger partial charge in [-0.15, -0.1) is 0 Å². The quantitative estimate of drug-likeness (QED) is 0.338. The minimum absolute atomic E-state index is 0.0962. The first-order valence-electron chi connectivity index (χ1n) is 10.0. The maximum atomic E-state index is 13.3. The smallest absolute Gasteiger partial charge is 0.265 e. The van der Waals surface area contributed by atoms with Gasteiger partial charge in [-0.2, -0.15) is 5.10 Å². The molecule has 0 aromatic heterocycles. The monoisotopic (exact) mass is 447 g/mol. The number of hydrogen-bond acceptors (Lipinski definition) is 5. The maximum absolute atomic E-state index is 13.3. The molecule has 0 atom stereocenters. The zero-order valence-electron chi connectivity index (χ0n) is 18.1. The van der Waals surface area contributed by atoms with E-state index >= 15 is 0 Å². The summed E-state index contributed by atoms with van der Waals surface area (Å²) in [5.74, 6) is -2.12. The number of ether oxygens (including phenoxy) is 1. The number of nitrogens with zero attached hydrogens (tertiary/aromatic N) is 2. The fourth-order valence-corrected chi connectivity index (χ4v) is 2.97. The van der Waals surface area contributed by atoms with Gasteiger partial charge in [-0.25, -0.2) is 14.7 Å². The Bertz CT molecular complexity index is 1160. The number of carbonyl (C=O) groups is 3. The van der Waals surface area contributed by atoms with Gasteiger partial charge in [0.1, 0.15) is 18.0 Å². The van der Waals surface area contributed by atoms with Gasteiger partial charge in [0.15, 0.2) is 0 Å². The lowest BCUT2D eigenvalue weighted by molar-refractivity contribution is -0.127. The van der Waals surface area contributed by atoms with Crippen LogP contribution in [0.4, 0.5) is 10.1 Å². The van der Waals surface area contributed by atoms with Gasteiger partial charge in [0.05, 0.1) is 18.5 Å². The highest BCUT2D eigenvalue weighted by Gasteiger charge is 2.26. The molecule has 0 unspecified atom stereocenters. The first-order valence-corrected chi connectivity index (χ1v) is 10.0. The Kier molecular flexibility index (Phi) is 7.64. The Morgan fingerprint density at radius 2 is 1.55 bits per heavy atom. The van der Waals surface area contributed by atoms with Crippen molar-refractivity contribution in [3.63, 3.8) is 0 Å². The molecule has 3 aromatic carbocycles. The third-order valence-corrected chi connectivity index (χ3v) is 4.73. The molecule has 3 aromatic rings. The van der Waals surface area contributed by atoms with Crippen LogP contribution in [-0.4, -0.2) is 30.5 Å². The minimum atomic E-state index is -0.764. The number of imide groups is 1. The molecule has 8 heteroatoms. The molecule has 3 amide bonds. The first-order chi connectivity index (χ1) is 15.9. The summed E-state index contributed by atoms with van der Waals surface area (Å²) in [6.07, 6.45) is -0.621. The van der Waals surface area contributed by atoms with E-state index in [0.29, 0.717) is 11.5 Å². The van der Waals surface area contributed by atoms with Crippen molar-refractivity contribution in [1.82, 2.24) is 5.43 Å². The number of carbonyl (C=O) groups excluding carboxylic acids is 3. The molecule has 0 saturated heterocycles. The number of hydrazone groups is 1. The Balaban J connectivity index is 1.80. The Hall–Kier alpha value is -4.33. The van der Waals surface area contributed by atoms with Gasteiger partial charge >= 0.3 is 0 Å². The van der Waals surface area contributed by atoms with Crippen LogP contribution in [0.1, 0.15) is 29.3 Å². The molecular weight excluding hydrogens is 425 g/mol.